The van der Waals surface area contributed by atoms with Crippen LogP contribution >= 0.6 is 0 Å². The van der Waals surface area contributed by atoms with Crippen LogP contribution in [0.4, 0.5) is 9.18 Å². The van der Waals surface area contributed by atoms with Crippen LogP contribution in [0, 0.1) is 31.5 Å². The van der Waals surface area contributed by atoms with Gasteiger partial charge in [0.25, 0.3) is 0 Å². The summed E-state index contributed by atoms with van der Waals surface area (Å²) in [6.45, 7) is 9.18. The average molecular weight is 277 g/mol. The highest BCUT2D eigenvalue weighted by Gasteiger charge is 2.15. The van der Waals surface area contributed by atoms with E-state index in [0.29, 0.717) is 0 Å². The fraction of sp³-hybridized carbons (Fsp3) is 0.438. The number of alkyl carbamates (subject to hydrolysis) is 1. The first-order valence-electron chi connectivity index (χ1n) is 6.41. The van der Waals surface area contributed by atoms with E-state index in [1.165, 1.54) is 12.1 Å². The van der Waals surface area contributed by atoms with Crippen LogP contribution in [0.15, 0.2) is 12.1 Å². The van der Waals surface area contributed by atoms with Crippen LogP contribution in [0.3, 0.4) is 0 Å². The van der Waals surface area contributed by atoms with Crippen LogP contribution in [0.1, 0.15) is 37.5 Å². The van der Waals surface area contributed by atoms with Crippen molar-refractivity contribution in [1.29, 1.82) is 0 Å². The molecule has 3 nitrogen and oxygen atoms in total. The van der Waals surface area contributed by atoms with Crippen molar-refractivity contribution in [3.05, 3.63) is 34.6 Å². The minimum Gasteiger partial charge on any atom is -0.444 e. The molecule has 0 aliphatic rings. The van der Waals surface area contributed by atoms with Gasteiger partial charge < -0.3 is 10.1 Å². The summed E-state index contributed by atoms with van der Waals surface area (Å²) in [5.74, 6) is 5.51. The SMILES string of the molecule is Cc1cc(F)cc(C)c1C#CCNC(=O)OC(C)(C)C. The van der Waals surface area contributed by atoms with Gasteiger partial charge in [-0.1, -0.05) is 11.8 Å². The fourth-order valence-electron chi connectivity index (χ4n) is 1.67. The van der Waals surface area contributed by atoms with Crippen molar-refractivity contribution in [2.45, 2.75) is 40.2 Å². The molecule has 108 valence electrons. The van der Waals surface area contributed by atoms with Crippen molar-refractivity contribution < 1.29 is 13.9 Å². The lowest BCUT2D eigenvalue weighted by atomic mass is 10.0. The Kier molecular flexibility index (Phi) is 5.15. The first-order valence-corrected chi connectivity index (χ1v) is 6.41. The summed E-state index contributed by atoms with van der Waals surface area (Å²) >= 11 is 0. The van der Waals surface area contributed by atoms with Crippen LogP contribution in [0.25, 0.3) is 0 Å². The number of nitrogens with one attached hydrogen (secondary N) is 1. The molecule has 0 aromatic heterocycles. The predicted molar refractivity (Wildman–Crippen MR) is 77.0 cm³/mol. The van der Waals surface area contributed by atoms with Crippen molar-refractivity contribution in [3.63, 3.8) is 0 Å². The Balaban J connectivity index is 2.62. The van der Waals surface area contributed by atoms with E-state index in [9.17, 15) is 9.18 Å². The van der Waals surface area contributed by atoms with Gasteiger partial charge in [0.1, 0.15) is 11.4 Å². The number of benzene rings is 1. The molecule has 0 radical (unpaired) electrons. The predicted octanol–water partition coefficient (Wildman–Crippen LogP) is 3.32. The second-order valence-electron chi connectivity index (χ2n) is 5.57. The first-order chi connectivity index (χ1) is 9.19. The minimum absolute atomic E-state index is 0.186. The quantitative estimate of drug-likeness (QED) is 0.800. The molecule has 0 unspecified atom stereocenters. The van der Waals surface area contributed by atoms with Gasteiger partial charge in [-0.05, 0) is 57.9 Å². The number of hydrogen-bond donors (Lipinski definition) is 1. The third kappa shape index (κ3) is 5.31. The third-order valence-corrected chi connectivity index (χ3v) is 2.43. The van der Waals surface area contributed by atoms with E-state index >= 15 is 0 Å². The number of carbonyl (C=O) groups is 1. The highest BCUT2D eigenvalue weighted by atomic mass is 19.1. The topological polar surface area (TPSA) is 38.3 Å². The summed E-state index contributed by atoms with van der Waals surface area (Å²) in [6, 6.07) is 2.89. The van der Waals surface area contributed by atoms with Gasteiger partial charge in [-0.15, -0.1) is 0 Å². The average Bonchev–Trinajstić information content (AvgIpc) is 2.23. The molecule has 1 N–H and O–H groups in total. The number of hydrogen-bond acceptors (Lipinski definition) is 2. The Labute approximate surface area is 119 Å². The fourth-order valence-corrected chi connectivity index (χ4v) is 1.67. The van der Waals surface area contributed by atoms with Crippen molar-refractivity contribution >= 4 is 6.09 Å². The second-order valence-corrected chi connectivity index (χ2v) is 5.57. The van der Waals surface area contributed by atoms with E-state index in [2.05, 4.69) is 17.2 Å². The van der Waals surface area contributed by atoms with Crippen LogP contribution in [0.2, 0.25) is 0 Å². The van der Waals surface area contributed by atoms with Gasteiger partial charge in [0.15, 0.2) is 0 Å². The first kappa shape index (κ1) is 16.0. The van der Waals surface area contributed by atoms with Crippen molar-refractivity contribution in [2.75, 3.05) is 6.54 Å². The lowest BCUT2D eigenvalue weighted by Crippen LogP contribution is -2.32. The Bertz CT molecular complexity index is 539. The maximum absolute atomic E-state index is 13.1. The van der Waals surface area contributed by atoms with Gasteiger partial charge in [-0.3, -0.25) is 0 Å². The van der Waals surface area contributed by atoms with E-state index in [-0.39, 0.29) is 12.4 Å². The molecule has 4 heteroatoms. The van der Waals surface area contributed by atoms with Gasteiger partial charge in [-0.2, -0.15) is 0 Å². The third-order valence-electron chi connectivity index (χ3n) is 2.43. The van der Waals surface area contributed by atoms with E-state index in [4.69, 9.17) is 4.74 Å². The molecule has 1 aromatic carbocycles. The normalized spacial score (nSPS) is 10.5. The summed E-state index contributed by atoms with van der Waals surface area (Å²) < 4.78 is 18.2. The van der Waals surface area contributed by atoms with E-state index in [1.54, 1.807) is 34.6 Å². The lowest BCUT2D eigenvalue weighted by molar-refractivity contribution is 0.0535. The molecule has 0 fully saturated rings. The van der Waals surface area contributed by atoms with Crippen molar-refractivity contribution in [2.24, 2.45) is 0 Å². The van der Waals surface area contributed by atoms with Crippen molar-refractivity contribution in [3.8, 4) is 11.8 Å². The zero-order valence-corrected chi connectivity index (χ0v) is 12.6. The van der Waals surface area contributed by atoms with E-state index in [0.717, 1.165) is 16.7 Å². The van der Waals surface area contributed by atoms with Crippen LogP contribution in [0.5, 0.6) is 0 Å². The highest BCUT2D eigenvalue weighted by molar-refractivity contribution is 5.68. The Morgan fingerprint density at radius 2 is 1.85 bits per heavy atom. The van der Waals surface area contributed by atoms with Crippen LogP contribution in [-0.4, -0.2) is 18.2 Å². The zero-order valence-electron chi connectivity index (χ0n) is 12.6. The molecule has 1 aromatic rings. The summed E-state index contributed by atoms with van der Waals surface area (Å²) in [5, 5.41) is 2.55. The summed E-state index contributed by atoms with van der Waals surface area (Å²) in [4.78, 5) is 11.4. The molecular weight excluding hydrogens is 257 g/mol. The number of halogens is 1. The molecule has 0 aliphatic heterocycles. The molecular formula is C16H20FNO2. The number of rotatable bonds is 1. The summed E-state index contributed by atoms with van der Waals surface area (Å²) in [5.41, 5.74) is 1.83. The van der Waals surface area contributed by atoms with E-state index < -0.39 is 11.7 Å². The Morgan fingerprint density at radius 1 is 1.30 bits per heavy atom. The molecule has 1 amide bonds. The molecule has 0 aliphatic carbocycles. The number of aryl methyl sites for hydroxylation is 2. The molecule has 20 heavy (non-hydrogen) atoms. The summed E-state index contributed by atoms with van der Waals surface area (Å²) in [6.07, 6.45) is -0.501. The molecule has 0 atom stereocenters. The van der Waals surface area contributed by atoms with Gasteiger partial charge in [0.2, 0.25) is 0 Å². The number of ether oxygens (including phenoxy) is 1. The standard InChI is InChI=1S/C16H20FNO2/c1-11-9-13(17)10-12(2)14(11)7-6-8-18-15(19)20-16(3,4)5/h9-10H,8H2,1-5H3,(H,18,19). The molecule has 0 bridgehead atoms. The molecule has 1 rings (SSSR count). The molecule has 0 heterocycles. The summed E-state index contributed by atoms with van der Waals surface area (Å²) in [7, 11) is 0. The minimum atomic E-state index is -0.526. The largest absolute Gasteiger partial charge is 0.444 e. The maximum atomic E-state index is 13.1. The van der Waals surface area contributed by atoms with Crippen LogP contribution in [-0.2, 0) is 4.74 Å². The van der Waals surface area contributed by atoms with Gasteiger partial charge >= 0.3 is 6.09 Å². The second kappa shape index (κ2) is 6.42. The molecule has 0 spiro atoms. The maximum Gasteiger partial charge on any atom is 0.408 e. The smallest absolute Gasteiger partial charge is 0.408 e. The zero-order chi connectivity index (χ0) is 15.3. The van der Waals surface area contributed by atoms with E-state index in [1.807, 2.05) is 0 Å². The van der Waals surface area contributed by atoms with Gasteiger partial charge in [-0.25, -0.2) is 9.18 Å². The monoisotopic (exact) mass is 277 g/mol. The Morgan fingerprint density at radius 3 is 2.35 bits per heavy atom. The van der Waals surface area contributed by atoms with Crippen molar-refractivity contribution in [1.82, 2.24) is 5.32 Å². The number of amides is 1. The van der Waals surface area contributed by atoms with Crippen LogP contribution < -0.4 is 5.32 Å². The molecule has 0 saturated heterocycles. The molecule has 0 saturated carbocycles. The van der Waals surface area contributed by atoms with Gasteiger partial charge in [0, 0.05) is 5.56 Å². The number of carbonyl (C=O) groups excluding carboxylic acids is 1. The lowest BCUT2D eigenvalue weighted by Gasteiger charge is -2.19. The Hall–Kier alpha value is -2.02. The highest BCUT2D eigenvalue weighted by Crippen LogP contribution is 2.14. The van der Waals surface area contributed by atoms with Gasteiger partial charge in [0.05, 0.1) is 6.54 Å².